The summed E-state index contributed by atoms with van der Waals surface area (Å²) in [7, 11) is 3.24. The summed E-state index contributed by atoms with van der Waals surface area (Å²) in [6, 6.07) is 3.73. The third-order valence-corrected chi connectivity index (χ3v) is 3.01. The lowest BCUT2D eigenvalue weighted by Crippen LogP contribution is -2.08. The van der Waals surface area contributed by atoms with Crippen molar-refractivity contribution in [2.24, 2.45) is 0 Å². The summed E-state index contributed by atoms with van der Waals surface area (Å²) in [5.74, 6) is 1.50. The summed E-state index contributed by atoms with van der Waals surface area (Å²) in [5, 5.41) is 10.1. The van der Waals surface area contributed by atoms with Crippen LogP contribution in [0.2, 0.25) is 0 Å². The third-order valence-electron chi connectivity index (χ3n) is 3.01. The van der Waals surface area contributed by atoms with E-state index in [9.17, 15) is 5.11 Å². The first-order valence-electron chi connectivity index (χ1n) is 5.06. The fourth-order valence-corrected chi connectivity index (χ4v) is 1.86. The van der Waals surface area contributed by atoms with Gasteiger partial charge >= 0.3 is 0 Å². The van der Waals surface area contributed by atoms with Crippen molar-refractivity contribution in [3.05, 3.63) is 23.3 Å². The van der Waals surface area contributed by atoms with Crippen LogP contribution in [0, 0.1) is 6.92 Å². The van der Waals surface area contributed by atoms with E-state index in [-0.39, 0.29) is 0 Å². The Labute approximate surface area is 89.6 Å². The van der Waals surface area contributed by atoms with Crippen LogP contribution in [0.1, 0.15) is 24.0 Å². The van der Waals surface area contributed by atoms with Gasteiger partial charge in [-0.1, -0.05) is 0 Å². The smallest absolute Gasteiger partial charge is 0.125 e. The molecule has 0 radical (unpaired) electrons. The Bertz CT molecular complexity index is 381. The molecule has 0 amide bonds. The molecule has 1 fully saturated rings. The van der Waals surface area contributed by atoms with Crippen LogP contribution in [0.15, 0.2) is 12.1 Å². The summed E-state index contributed by atoms with van der Waals surface area (Å²) >= 11 is 0. The largest absolute Gasteiger partial charge is 0.497 e. The Hall–Kier alpha value is -1.22. The van der Waals surface area contributed by atoms with Crippen LogP contribution in [-0.4, -0.2) is 19.3 Å². The number of aliphatic hydroxyl groups is 1. The van der Waals surface area contributed by atoms with E-state index >= 15 is 0 Å². The van der Waals surface area contributed by atoms with E-state index in [2.05, 4.69) is 0 Å². The molecule has 0 atom stereocenters. The predicted octanol–water partition coefficient (Wildman–Crippen LogP) is 1.99. The lowest BCUT2D eigenvalue weighted by molar-refractivity contribution is 0.150. The van der Waals surface area contributed by atoms with Gasteiger partial charge in [-0.15, -0.1) is 0 Å². The maximum atomic E-state index is 10.1. The molecule has 3 nitrogen and oxygen atoms in total. The van der Waals surface area contributed by atoms with Crippen LogP contribution in [0.5, 0.6) is 11.5 Å². The monoisotopic (exact) mass is 208 g/mol. The van der Waals surface area contributed by atoms with Crippen molar-refractivity contribution < 1.29 is 14.6 Å². The van der Waals surface area contributed by atoms with Gasteiger partial charge in [0.25, 0.3) is 0 Å². The molecule has 15 heavy (non-hydrogen) atoms. The lowest BCUT2D eigenvalue weighted by atomic mass is 10.0. The second kappa shape index (κ2) is 3.42. The first-order chi connectivity index (χ1) is 7.10. The summed E-state index contributed by atoms with van der Waals surface area (Å²) in [6.07, 6.45) is 1.65. The van der Waals surface area contributed by atoms with E-state index in [1.807, 2.05) is 19.1 Å². The second-order valence-corrected chi connectivity index (χ2v) is 4.03. The molecule has 1 aliphatic carbocycles. The Morgan fingerprint density at radius 2 is 1.87 bits per heavy atom. The zero-order valence-corrected chi connectivity index (χ0v) is 9.33. The summed E-state index contributed by atoms with van der Waals surface area (Å²) < 4.78 is 10.4. The minimum atomic E-state index is -0.647. The van der Waals surface area contributed by atoms with Crippen LogP contribution in [0.4, 0.5) is 0 Å². The average molecular weight is 208 g/mol. The molecule has 0 heterocycles. The zero-order valence-electron chi connectivity index (χ0n) is 9.33. The van der Waals surface area contributed by atoms with Crippen LogP contribution < -0.4 is 9.47 Å². The zero-order chi connectivity index (χ0) is 11.1. The van der Waals surface area contributed by atoms with Gasteiger partial charge in [0.1, 0.15) is 11.5 Å². The van der Waals surface area contributed by atoms with E-state index < -0.39 is 5.60 Å². The van der Waals surface area contributed by atoms with Crippen LogP contribution in [-0.2, 0) is 5.60 Å². The molecular weight excluding hydrogens is 192 g/mol. The average Bonchev–Trinajstić information content (AvgIpc) is 2.98. The highest BCUT2D eigenvalue weighted by Gasteiger charge is 2.43. The second-order valence-electron chi connectivity index (χ2n) is 4.03. The van der Waals surface area contributed by atoms with Crippen molar-refractivity contribution >= 4 is 0 Å². The van der Waals surface area contributed by atoms with Crippen molar-refractivity contribution in [3.8, 4) is 11.5 Å². The molecule has 0 spiro atoms. The molecule has 82 valence electrons. The van der Waals surface area contributed by atoms with Crippen molar-refractivity contribution in [1.82, 2.24) is 0 Å². The minimum absolute atomic E-state index is 0.647. The fourth-order valence-electron chi connectivity index (χ4n) is 1.86. The molecule has 1 aliphatic rings. The Morgan fingerprint density at radius 3 is 2.33 bits per heavy atom. The SMILES string of the molecule is COc1cc(OC)c(C)c(C2(O)CC2)c1. The first-order valence-corrected chi connectivity index (χ1v) is 5.06. The normalized spacial score (nSPS) is 17.3. The minimum Gasteiger partial charge on any atom is -0.497 e. The molecule has 1 saturated carbocycles. The predicted molar refractivity (Wildman–Crippen MR) is 57.4 cm³/mol. The number of benzene rings is 1. The van der Waals surface area contributed by atoms with Gasteiger partial charge in [-0.05, 0) is 37.0 Å². The molecule has 2 rings (SSSR count). The van der Waals surface area contributed by atoms with E-state index in [1.165, 1.54) is 0 Å². The summed E-state index contributed by atoms with van der Waals surface area (Å²) in [6.45, 7) is 1.96. The fraction of sp³-hybridized carbons (Fsp3) is 0.500. The van der Waals surface area contributed by atoms with Gasteiger partial charge in [0.2, 0.25) is 0 Å². The van der Waals surface area contributed by atoms with Gasteiger partial charge in [0.05, 0.1) is 19.8 Å². The van der Waals surface area contributed by atoms with Crippen LogP contribution >= 0.6 is 0 Å². The van der Waals surface area contributed by atoms with Crippen molar-refractivity contribution in [3.63, 3.8) is 0 Å². The molecule has 0 aromatic heterocycles. The standard InChI is InChI=1S/C12H16O3/c1-8-10(12(13)4-5-12)6-9(14-2)7-11(8)15-3/h6-7,13H,4-5H2,1-3H3. The van der Waals surface area contributed by atoms with Crippen LogP contribution in [0.25, 0.3) is 0 Å². The van der Waals surface area contributed by atoms with Gasteiger partial charge < -0.3 is 14.6 Å². The number of methoxy groups -OCH3 is 2. The van der Waals surface area contributed by atoms with Crippen molar-refractivity contribution in [2.45, 2.75) is 25.4 Å². The number of ether oxygens (including phenoxy) is 2. The Kier molecular flexibility index (Phi) is 2.35. The van der Waals surface area contributed by atoms with Gasteiger partial charge in [-0.25, -0.2) is 0 Å². The molecule has 1 aromatic carbocycles. The highest BCUT2D eigenvalue weighted by atomic mass is 16.5. The Morgan fingerprint density at radius 1 is 1.20 bits per heavy atom. The first kappa shape index (κ1) is 10.3. The van der Waals surface area contributed by atoms with E-state index in [0.29, 0.717) is 0 Å². The molecule has 1 N–H and O–H groups in total. The number of rotatable bonds is 3. The molecule has 1 aromatic rings. The summed E-state index contributed by atoms with van der Waals surface area (Å²) in [5.41, 5.74) is 1.28. The quantitative estimate of drug-likeness (QED) is 0.825. The highest BCUT2D eigenvalue weighted by molar-refractivity contribution is 5.49. The molecule has 0 saturated heterocycles. The third kappa shape index (κ3) is 1.67. The number of hydrogen-bond acceptors (Lipinski definition) is 3. The molecule has 0 bridgehead atoms. The van der Waals surface area contributed by atoms with E-state index in [0.717, 1.165) is 35.5 Å². The number of hydrogen-bond donors (Lipinski definition) is 1. The van der Waals surface area contributed by atoms with Gasteiger partial charge in [0, 0.05) is 6.07 Å². The Balaban J connectivity index is 2.52. The molecule has 0 unspecified atom stereocenters. The maximum Gasteiger partial charge on any atom is 0.125 e. The maximum absolute atomic E-state index is 10.1. The van der Waals surface area contributed by atoms with Gasteiger partial charge in [-0.3, -0.25) is 0 Å². The van der Waals surface area contributed by atoms with E-state index in [4.69, 9.17) is 9.47 Å². The van der Waals surface area contributed by atoms with E-state index in [1.54, 1.807) is 14.2 Å². The molecular formula is C12H16O3. The molecule has 3 heteroatoms. The van der Waals surface area contributed by atoms with Crippen molar-refractivity contribution in [2.75, 3.05) is 14.2 Å². The lowest BCUT2D eigenvalue weighted by Gasteiger charge is -2.16. The van der Waals surface area contributed by atoms with Gasteiger partial charge in [-0.2, -0.15) is 0 Å². The van der Waals surface area contributed by atoms with Gasteiger partial charge in [0.15, 0.2) is 0 Å². The topological polar surface area (TPSA) is 38.7 Å². The molecule has 0 aliphatic heterocycles. The summed E-state index contributed by atoms with van der Waals surface area (Å²) in [4.78, 5) is 0. The van der Waals surface area contributed by atoms with Crippen molar-refractivity contribution in [1.29, 1.82) is 0 Å². The van der Waals surface area contributed by atoms with Crippen LogP contribution in [0.3, 0.4) is 0 Å². The highest BCUT2D eigenvalue weighted by Crippen LogP contribution is 2.49.